The average molecular weight is 392 g/mol. The molecule has 0 spiro atoms. The van der Waals surface area contributed by atoms with Gasteiger partial charge in [-0.2, -0.15) is 4.31 Å². The van der Waals surface area contributed by atoms with Crippen LogP contribution in [0.1, 0.15) is 25.0 Å². The zero-order valence-corrected chi connectivity index (χ0v) is 16.7. The van der Waals surface area contributed by atoms with Crippen molar-refractivity contribution >= 4 is 15.9 Å². The third-order valence-electron chi connectivity index (χ3n) is 4.36. The summed E-state index contributed by atoms with van der Waals surface area (Å²) in [4.78, 5) is 14.3. The van der Waals surface area contributed by atoms with Crippen molar-refractivity contribution in [3.8, 4) is 0 Å². The van der Waals surface area contributed by atoms with Crippen molar-refractivity contribution in [1.29, 1.82) is 0 Å². The minimum Gasteiger partial charge on any atom is -0.342 e. The number of amides is 1. The van der Waals surface area contributed by atoms with E-state index in [1.54, 1.807) is 17.0 Å². The van der Waals surface area contributed by atoms with Crippen LogP contribution in [0, 0.1) is 12.7 Å². The molecule has 0 saturated heterocycles. The summed E-state index contributed by atoms with van der Waals surface area (Å²) in [6.45, 7) is 6.30. The van der Waals surface area contributed by atoms with Gasteiger partial charge < -0.3 is 4.90 Å². The van der Waals surface area contributed by atoms with E-state index in [0.29, 0.717) is 18.7 Å². The molecule has 0 aliphatic rings. The van der Waals surface area contributed by atoms with Crippen LogP contribution in [0.2, 0.25) is 0 Å². The molecular weight excluding hydrogens is 367 g/mol. The first kappa shape index (κ1) is 21.1. The highest BCUT2D eigenvalue weighted by atomic mass is 32.2. The highest BCUT2D eigenvalue weighted by Crippen LogP contribution is 2.19. The predicted octanol–water partition coefficient (Wildman–Crippen LogP) is 3.19. The summed E-state index contributed by atoms with van der Waals surface area (Å²) >= 11 is 0. The van der Waals surface area contributed by atoms with Gasteiger partial charge in [0.2, 0.25) is 15.9 Å². The van der Waals surface area contributed by atoms with Crippen molar-refractivity contribution in [3.63, 3.8) is 0 Å². The van der Waals surface area contributed by atoms with Crippen molar-refractivity contribution in [2.75, 3.05) is 19.6 Å². The van der Waals surface area contributed by atoms with E-state index in [0.717, 1.165) is 9.87 Å². The minimum absolute atomic E-state index is 0.0104. The molecule has 2 aromatic carbocycles. The van der Waals surface area contributed by atoms with Crippen LogP contribution in [-0.2, 0) is 21.4 Å². The van der Waals surface area contributed by atoms with Crippen molar-refractivity contribution < 1.29 is 17.6 Å². The van der Waals surface area contributed by atoms with Gasteiger partial charge in [-0.1, -0.05) is 29.8 Å². The highest BCUT2D eigenvalue weighted by molar-refractivity contribution is 7.89. The lowest BCUT2D eigenvalue weighted by molar-refractivity contribution is -0.131. The molecule has 0 N–H and O–H groups in total. The molecule has 0 aromatic heterocycles. The van der Waals surface area contributed by atoms with Gasteiger partial charge in [0.25, 0.3) is 0 Å². The van der Waals surface area contributed by atoms with Gasteiger partial charge in [-0.05, 0) is 50.6 Å². The fraction of sp³-hybridized carbons (Fsp3) is 0.350. The molecule has 0 unspecified atom stereocenters. The Morgan fingerprint density at radius 1 is 0.963 bits per heavy atom. The number of aryl methyl sites for hydroxylation is 1. The fourth-order valence-corrected chi connectivity index (χ4v) is 4.08. The summed E-state index contributed by atoms with van der Waals surface area (Å²) in [6.07, 6.45) is 0. The second-order valence-electron chi connectivity index (χ2n) is 6.28. The van der Waals surface area contributed by atoms with Crippen molar-refractivity contribution in [2.24, 2.45) is 0 Å². The first-order chi connectivity index (χ1) is 12.8. The molecule has 1 amide bonds. The number of carbonyl (C=O) groups is 1. The average Bonchev–Trinajstić information content (AvgIpc) is 2.64. The smallest absolute Gasteiger partial charge is 0.243 e. The molecule has 5 nitrogen and oxygen atoms in total. The molecule has 0 fully saturated rings. The molecule has 0 saturated carbocycles. The lowest BCUT2D eigenvalue weighted by Crippen LogP contribution is -2.42. The first-order valence-corrected chi connectivity index (χ1v) is 10.3. The molecule has 0 aliphatic heterocycles. The number of likely N-dealkylation sites (N-methyl/N-ethyl adjacent to an activating group) is 1. The summed E-state index contributed by atoms with van der Waals surface area (Å²) in [5.41, 5.74) is 1.55. The SMILES string of the molecule is CCN(CC)C(=O)CN(Cc1ccc(F)cc1)S(=O)(=O)c1ccc(C)cc1. The van der Waals surface area contributed by atoms with Gasteiger partial charge >= 0.3 is 0 Å². The van der Waals surface area contributed by atoms with Crippen molar-refractivity contribution in [1.82, 2.24) is 9.21 Å². The highest BCUT2D eigenvalue weighted by Gasteiger charge is 2.28. The summed E-state index contributed by atoms with van der Waals surface area (Å²) in [5, 5.41) is 0. The van der Waals surface area contributed by atoms with E-state index in [1.165, 1.54) is 36.4 Å². The number of hydrogen-bond acceptors (Lipinski definition) is 3. The van der Waals surface area contributed by atoms with E-state index in [9.17, 15) is 17.6 Å². The third kappa shape index (κ3) is 5.37. The van der Waals surface area contributed by atoms with E-state index >= 15 is 0 Å². The molecule has 2 rings (SSSR count). The standard InChI is InChI=1S/C20H25FN2O3S/c1-4-22(5-2)20(24)15-23(14-17-8-10-18(21)11-9-17)27(25,26)19-12-6-16(3)7-13-19/h6-13H,4-5,14-15H2,1-3H3. The number of hydrogen-bond donors (Lipinski definition) is 0. The van der Waals surface area contributed by atoms with Crippen LogP contribution in [0.25, 0.3) is 0 Å². The van der Waals surface area contributed by atoms with Crippen molar-refractivity contribution in [3.05, 3.63) is 65.5 Å². The number of sulfonamides is 1. The van der Waals surface area contributed by atoms with Gasteiger partial charge in [-0.25, -0.2) is 12.8 Å². The summed E-state index contributed by atoms with van der Waals surface area (Å²) < 4.78 is 40.6. The van der Waals surface area contributed by atoms with Gasteiger partial charge in [0.15, 0.2) is 0 Å². The second kappa shape index (κ2) is 9.10. The Kier molecular flexibility index (Phi) is 7.10. The van der Waals surface area contributed by atoms with Crippen LogP contribution in [-0.4, -0.2) is 43.2 Å². The first-order valence-electron chi connectivity index (χ1n) is 8.87. The predicted molar refractivity (Wildman–Crippen MR) is 103 cm³/mol. The van der Waals surface area contributed by atoms with Gasteiger partial charge in [-0.3, -0.25) is 4.79 Å². The van der Waals surface area contributed by atoms with E-state index in [1.807, 2.05) is 20.8 Å². The Bertz CT molecular complexity index is 861. The van der Waals surface area contributed by atoms with Crippen molar-refractivity contribution in [2.45, 2.75) is 32.2 Å². The van der Waals surface area contributed by atoms with Gasteiger partial charge in [-0.15, -0.1) is 0 Å². The lowest BCUT2D eigenvalue weighted by atomic mass is 10.2. The maximum atomic E-state index is 13.2. The molecule has 0 atom stereocenters. The molecule has 146 valence electrons. The monoisotopic (exact) mass is 392 g/mol. The lowest BCUT2D eigenvalue weighted by Gasteiger charge is -2.26. The zero-order chi connectivity index (χ0) is 20.0. The molecule has 0 aliphatic carbocycles. The third-order valence-corrected chi connectivity index (χ3v) is 6.16. The van der Waals surface area contributed by atoms with Crippen LogP contribution in [0.15, 0.2) is 53.4 Å². The number of rotatable bonds is 8. The number of carbonyl (C=O) groups excluding carboxylic acids is 1. The Morgan fingerprint density at radius 2 is 1.52 bits per heavy atom. The van der Waals surface area contributed by atoms with Crippen LogP contribution >= 0.6 is 0 Å². The van der Waals surface area contributed by atoms with Crippen LogP contribution < -0.4 is 0 Å². The molecule has 2 aromatic rings. The summed E-state index contributed by atoms with van der Waals surface area (Å²) in [7, 11) is -3.88. The van der Waals surface area contributed by atoms with Crippen LogP contribution in [0.3, 0.4) is 0 Å². The van der Waals surface area contributed by atoms with Gasteiger partial charge in [0, 0.05) is 19.6 Å². The largest absolute Gasteiger partial charge is 0.342 e. The van der Waals surface area contributed by atoms with Gasteiger partial charge in [0.1, 0.15) is 5.82 Å². The maximum absolute atomic E-state index is 13.2. The number of nitrogens with zero attached hydrogens (tertiary/aromatic N) is 2. The molecule has 27 heavy (non-hydrogen) atoms. The minimum atomic E-state index is -3.88. The molecule has 0 bridgehead atoms. The quantitative estimate of drug-likeness (QED) is 0.693. The molecular formula is C20H25FN2O3S. The summed E-state index contributed by atoms with van der Waals surface area (Å²) in [6, 6.07) is 12.1. The van der Waals surface area contributed by atoms with Gasteiger partial charge in [0.05, 0.1) is 11.4 Å². The molecule has 0 radical (unpaired) electrons. The molecule has 0 heterocycles. The van der Waals surface area contributed by atoms with E-state index in [4.69, 9.17) is 0 Å². The number of benzene rings is 2. The van der Waals surface area contributed by atoms with E-state index in [2.05, 4.69) is 0 Å². The van der Waals surface area contributed by atoms with E-state index < -0.39 is 15.8 Å². The zero-order valence-electron chi connectivity index (χ0n) is 15.9. The Balaban J connectivity index is 2.36. The Hall–Kier alpha value is -2.25. The maximum Gasteiger partial charge on any atom is 0.243 e. The van der Waals surface area contributed by atoms with Crippen LogP contribution in [0.4, 0.5) is 4.39 Å². The number of halogens is 1. The Labute approximate surface area is 160 Å². The van der Waals surface area contributed by atoms with Crippen LogP contribution in [0.5, 0.6) is 0 Å². The fourth-order valence-electron chi connectivity index (χ4n) is 2.71. The Morgan fingerprint density at radius 3 is 2.04 bits per heavy atom. The summed E-state index contributed by atoms with van der Waals surface area (Å²) in [5.74, 6) is -0.663. The second-order valence-corrected chi connectivity index (χ2v) is 8.22. The van der Waals surface area contributed by atoms with E-state index in [-0.39, 0.29) is 23.9 Å². The normalized spacial score (nSPS) is 11.6. The molecule has 7 heteroatoms. The topological polar surface area (TPSA) is 57.7 Å².